The lowest BCUT2D eigenvalue weighted by atomic mass is 10.1. The van der Waals surface area contributed by atoms with Gasteiger partial charge in [0.05, 0.1) is 17.4 Å². The maximum atomic E-state index is 13.2. The van der Waals surface area contributed by atoms with Crippen LogP contribution in [0.15, 0.2) is 54.7 Å². The van der Waals surface area contributed by atoms with E-state index in [1.165, 1.54) is 23.0 Å². The van der Waals surface area contributed by atoms with Crippen LogP contribution in [-0.2, 0) is 0 Å². The number of carbonyl (C=O) groups excluding carboxylic acids is 1. The molecule has 0 spiro atoms. The second kappa shape index (κ2) is 9.28. The van der Waals surface area contributed by atoms with Crippen LogP contribution < -0.4 is 10.5 Å². The molecule has 162 valence electrons. The van der Waals surface area contributed by atoms with Gasteiger partial charge in [-0.15, -0.1) is 0 Å². The molecule has 8 heteroatoms. The summed E-state index contributed by atoms with van der Waals surface area (Å²) in [5, 5.41) is 4.20. The molecule has 0 aliphatic carbocycles. The van der Waals surface area contributed by atoms with Gasteiger partial charge in [0.25, 0.3) is 0 Å². The van der Waals surface area contributed by atoms with Crippen LogP contribution in [0.3, 0.4) is 0 Å². The Kier molecular flexibility index (Phi) is 6.29. The van der Waals surface area contributed by atoms with Crippen molar-refractivity contribution in [2.75, 3.05) is 52.1 Å². The van der Waals surface area contributed by atoms with Crippen LogP contribution in [0.25, 0.3) is 5.69 Å². The number of ether oxygens (including phenoxy) is 1. The van der Waals surface area contributed by atoms with Crippen LogP contribution in [-0.4, -0.2) is 71.7 Å². The van der Waals surface area contributed by atoms with E-state index in [-0.39, 0.29) is 17.4 Å². The number of benzene rings is 2. The van der Waals surface area contributed by atoms with Crippen LogP contribution in [0.5, 0.6) is 5.75 Å². The Bertz CT molecular complexity index is 1040. The minimum absolute atomic E-state index is 0.206. The van der Waals surface area contributed by atoms with Crippen molar-refractivity contribution in [1.82, 2.24) is 19.6 Å². The number of nitrogen functional groups attached to an aromatic ring is 1. The molecule has 1 saturated heterocycles. The number of likely N-dealkylation sites (N-methyl/N-ethyl adjacent to an activating group) is 1. The topological polar surface area (TPSA) is 76.6 Å². The third-order valence-electron chi connectivity index (χ3n) is 5.49. The maximum Gasteiger partial charge on any atom is 0.198 e. The number of nitrogens with two attached hydrogens (primary N) is 1. The number of hydrogen-bond donors (Lipinski definition) is 1. The molecule has 0 atom stereocenters. The molecule has 2 N–H and O–H groups in total. The summed E-state index contributed by atoms with van der Waals surface area (Å²) in [6.45, 7) is 5.62. The standard InChI is InChI=1S/C23H26FN5O2/c1-27-9-11-28(12-10-27)13-14-31-20-4-2-3-17(15-20)22(30)21-16-26-29(23(21)25)19-7-5-18(24)6-8-19/h2-8,15-16H,9-14,25H2,1H3. The first-order valence-electron chi connectivity index (χ1n) is 10.3. The average molecular weight is 423 g/mol. The predicted octanol–water partition coefficient (Wildman–Crippen LogP) is 2.45. The van der Waals surface area contributed by atoms with E-state index in [4.69, 9.17) is 10.5 Å². The number of carbonyl (C=O) groups is 1. The fourth-order valence-corrected chi connectivity index (χ4v) is 3.57. The molecule has 2 heterocycles. The summed E-state index contributed by atoms with van der Waals surface area (Å²) in [5.41, 5.74) is 7.52. The molecule has 0 unspecified atom stereocenters. The summed E-state index contributed by atoms with van der Waals surface area (Å²) in [4.78, 5) is 17.7. The van der Waals surface area contributed by atoms with Gasteiger partial charge in [-0.3, -0.25) is 9.69 Å². The second-order valence-electron chi connectivity index (χ2n) is 7.68. The summed E-state index contributed by atoms with van der Waals surface area (Å²) in [7, 11) is 2.13. The highest BCUT2D eigenvalue weighted by molar-refractivity contribution is 6.11. The largest absolute Gasteiger partial charge is 0.492 e. The van der Waals surface area contributed by atoms with Crippen molar-refractivity contribution in [2.24, 2.45) is 0 Å². The minimum Gasteiger partial charge on any atom is -0.492 e. The summed E-state index contributed by atoms with van der Waals surface area (Å²) < 4.78 is 20.5. The maximum absolute atomic E-state index is 13.2. The van der Waals surface area contributed by atoms with Crippen molar-refractivity contribution >= 4 is 11.6 Å². The van der Waals surface area contributed by atoms with Gasteiger partial charge in [-0.05, 0) is 43.4 Å². The molecule has 3 aromatic rings. The normalized spacial score (nSPS) is 15.2. The molecule has 1 aromatic heterocycles. The lowest BCUT2D eigenvalue weighted by Gasteiger charge is -2.32. The fourth-order valence-electron chi connectivity index (χ4n) is 3.57. The van der Waals surface area contributed by atoms with Gasteiger partial charge >= 0.3 is 0 Å². The average Bonchev–Trinajstić information content (AvgIpc) is 3.16. The molecule has 2 aromatic carbocycles. The van der Waals surface area contributed by atoms with Crippen LogP contribution in [0, 0.1) is 5.82 Å². The van der Waals surface area contributed by atoms with Crippen molar-refractivity contribution in [3.63, 3.8) is 0 Å². The van der Waals surface area contributed by atoms with Gasteiger partial charge in [0.1, 0.15) is 24.0 Å². The number of ketones is 1. The summed E-state index contributed by atoms with van der Waals surface area (Å²) in [5.74, 6) is 0.257. The van der Waals surface area contributed by atoms with Crippen LogP contribution in [0.2, 0.25) is 0 Å². The first kappa shape index (κ1) is 21.0. The van der Waals surface area contributed by atoms with E-state index >= 15 is 0 Å². The number of rotatable bonds is 7. The van der Waals surface area contributed by atoms with Gasteiger partial charge < -0.3 is 15.4 Å². The molecule has 31 heavy (non-hydrogen) atoms. The molecule has 0 radical (unpaired) electrons. The zero-order chi connectivity index (χ0) is 21.8. The van der Waals surface area contributed by atoms with E-state index in [0.717, 1.165) is 32.7 Å². The Balaban J connectivity index is 1.42. The lowest BCUT2D eigenvalue weighted by Crippen LogP contribution is -2.45. The number of hydrogen-bond acceptors (Lipinski definition) is 6. The molecule has 7 nitrogen and oxygen atoms in total. The van der Waals surface area contributed by atoms with E-state index in [1.54, 1.807) is 30.3 Å². The Morgan fingerprint density at radius 1 is 1.13 bits per heavy atom. The highest BCUT2D eigenvalue weighted by Crippen LogP contribution is 2.22. The minimum atomic E-state index is -0.352. The second-order valence-corrected chi connectivity index (χ2v) is 7.68. The first-order chi connectivity index (χ1) is 15.0. The van der Waals surface area contributed by atoms with E-state index in [1.807, 2.05) is 6.07 Å². The Morgan fingerprint density at radius 2 is 1.87 bits per heavy atom. The van der Waals surface area contributed by atoms with Crippen molar-refractivity contribution in [2.45, 2.75) is 0 Å². The monoisotopic (exact) mass is 423 g/mol. The Morgan fingerprint density at radius 3 is 2.61 bits per heavy atom. The van der Waals surface area contributed by atoms with Gasteiger partial charge in [-0.1, -0.05) is 12.1 Å². The number of piperazine rings is 1. The zero-order valence-corrected chi connectivity index (χ0v) is 17.5. The van der Waals surface area contributed by atoms with Crippen molar-refractivity contribution in [3.05, 3.63) is 71.7 Å². The molecule has 1 aliphatic rings. The van der Waals surface area contributed by atoms with Gasteiger partial charge in [-0.25, -0.2) is 9.07 Å². The van der Waals surface area contributed by atoms with Crippen LogP contribution in [0.4, 0.5) is 10.2 Å². The van der Waals surface area contributed by atoms with Gasteiger partial charge in [0, 0.05) is 38.3 Å². The molecular formula is C23H26FN5O2. The Hall–Kier alpha value is -3.23. The third-order valence-corrected chi connectivity index (χ3v) is 5.49. The highest BCUT2D eigenvalue weighted by atomic mass is 19.1. The molecule has 0 saturated carbocycles. The van der Waals surface area contributed by atoms with Crippen LogP contribution in [0.1, 0.15) is 15.9 Å². The lowest BCUT2D eigenvalue weighted by molar-refractivity contribution is 0.103. The van der Waals surface area contributed by atoms with E-state index in [0.29, 0.717) is 29.2 Å². The SMILES string of the molecule is CN1CCN(CCOc2cccc(C(=O)c3cnn(-c4ccc(F)cc4)c3N)c2)CC1. The third kappa shape index (κ3) is 4.92. The molecule has 1 fully saturated rings. The number of aromatic nitrogens is 2. The molecular weight excluding hydrogens is 397 g/mol. The van der Waals surface area contributed by atoms with Crippen molar-refractivity contribution in [3.8, 4) is 11.4 Å². The zero-order valence-electron chi connectivity index (χ0n) is 17.5. The summed E-state index contributed by atoms with van der Waals surface area (Å²) >= 11 is 0. The fraction of sp³-hybridized carbons (Fsp3) is 0.304. The molecule has 0 bridgehead atoms. The van der Waals surface area contributed by atoms with Crippen LogP contribution >= 0.6 is 0 Å². The van der Waals surface area contributed by atoms with E-state index < -0.39 is 0 Å². The van der Waals surface area contributed by atoms with E-state index in [9.17, 15) is 9.18 Å². The number of nitrogens with zero attached hydrogens (tertiary/aromatic N) is 4. The van der Waals surface area contributed by atoms with Gasteiger partial charge in [-0.2, -0.15) is 5.10 Å². The quantitative estimate of drug-likeness (QED) is 0.589. The first-order valence-corrected chi connectivity index (χ1v) is 10.3. The number of halogens is 1. The summed E-state index contributed by atoms with van der Waals surface area (Å²) in [6, 6.07) is 12.8. The summed E-state index contributed by atoms with van der Waals surface area (Å²) in [6.07, 6.45) is 1.43. The highest BCUT2D eigenvalue weighted by Gasteiger charge is 2.19. The van der Waals surface area contributed by atoms with Crippen molar-refractivity contribution in [1.29, 1.82) is 0 Å². The smallest absolute Gasteiger partial charge is 0.198 e. The predicted molar refractivity (Wildman–Crippen MR) is 117 cm³/mol. The van der Waals surface area contributed by atoms with Gasteiger partial charge in [0.15, 0.2) is 5.78 Å². The number of anilines is 1. The Labute approximate surface area is 180 Å². The van der Waals surface area contributed by atoms with E-state index in [2.05, 4.69) is 21.9 Å². The molecule has 4 rings (SSSR count). The molecule has 0 amide bonds. The van der Waals surface area contributed by atoms with Gasteiger partial charge in [0.2, 0.25) is 0 Å². The molecule has 1 aliphatic heterocycles. The van der Waals surface area contributed by atoms with Crippen molar-refractivity contribution < 1.29 is 13.9 Å².